The van der Waals surface area contributed by atoms with Gasteiger partial charge >= 0.3 is 0 Å². The topological polar surface area (TPSA) is 33.5 Å². The number of carbonyl (C=O) groups is 1. The second-order valence-corrected chi connectivity index (χ2v) is 12.2. The summed E-state index contributed by atoms with van der Waals surface area (Å²) in [5.74, 6) is 0.174. The van der Waals surface area contributed by atoms with Gasteiger partial charge in [0.2, 0.25) is 0 Å². The Bertz CT molecular complexity index is 603. The Morgan fingerprint density at radius 2 is 1.41 bits per heavy atom. The molecule has 0 saturated carbocycles. The lowest BCUT2D eigenvalue weighted by Crippen LogP contribution is -2.24. The van der Waals surface area contributed by atoms with E-state index < -0.39 is 7.26 Å². The normalized spacial score (nSPS) is 11.3. The third-order valence-electron chi connectivity index (χ3n) is 5.35. The number of benzene rings is 1. The van der Waals surface area contributed by atoms with E-state index in [-0.39, 0.29) is 5.91 Å². The number of nitrogens with one attached hydrogen (secondary N) is 1. The van der Waals surface area contributed by atoms with E-state index in [1.807, 2.05) is 26.0 Å². The van der Waals surface area contributed by atoms with Crippen molar-refractivity contribution < 1.29 is 4.79 Å². The molecule has 0 unspecified atom stereocenters. The van der Waals surface area contributed by atoms with E-state index in [0.29, 0.717) is 5.69 Å². The molecule has 0 bridgehead atoms. The van der Waals surface area contributed by atoms with E-state index in [9.17, 15) is 4.79 Å². The predicted octanol–water partition coefficient (Wildman–Crippen LogP) is 7.21. The standard InChI is InChI=1S/C23H37N2OP/c1-7-10-13-27(14-11-8-2,15-12-9-3)18-22(26)25-23-19(4)16-21(24-6)17-20(23)5/h16-17H,7-15,18H2,1-5H3/p+1. The zero-order valence-corrected chi connectivity index (χ0v) is 18.9. The summed E-state index contributed by atoms with van der Waals surface area (Å²) in [5, 5.41) is 3.20. The van der Waals surface area contributed by atoms with Crippen LogP contribution in [0.3, 0.4) is 0 Å². The van der Waals surface area contributed by atoms with Crippen molar-refractivity contribution in [2.75, 3.05) is 30.0 Å². The van der Waals surface area contributed by atoms with Gasteiger partial charge in [-0.3, -0.25) is 4.79 Å². The van der Waals surface area contributed by atoms with Crippen molar-refractivity contribution in [1.82, 2.24) is 0 Å². The van der Waals surface area contributed by atoms with Crippen LogP contribution in [0.15, 0.2) is 12.1 Å². The Balaban J connectivity index is 2.99. The van der Waals surface area contributed by atoms with E-state index in [0.717, 1.165) is 23.0 Å². The molecule has 1 N–H and O–H groups in total. The SMILES string of the molecule is [C-]#[N+]c1cc(C)c(NC(=O)C[P+](CCCC)(CCCC)CCCC)c(C)c1. The van der Waals surface area contributed by atoms with Crippen LogP contribution in [0.4, 0.5) is 11.4 Å². The van der Waals surface area contributed by atoms with Crippen molar-refractivity contribution in [3.63, 3.8) is 0 Å². The molecule has 0 heterocycles. The number of aryl methyl sites for hydroxylation is 2. The molecule has 4 heteroatoms. The summed E-state index contributed by atoms with van der Waals surface area (Å²) >= 11 is 0. The Hall–Kier alpha value is -1.39. The lowest BCUT2D eigenvalue weighted by atomic mass is 10.1. The molecular formula is C23H38N2OP+. The van der Waals surface area contributed by atoms with Gasteiger partial charge in [0.15, 0.2) is 5.69 Å². The number of amides is 1. The third-order valence-corrected chi connectivity index (χ3v) is 10.1. The number of hydrogen-bond donors (Lipinski definition) is 1. The van der Waals surface area contributed by atoms with Crippen LogP contribution in [0.1, 0.15) is 70.4 Å². The fourth-order valence-corrected chi connectivity index (χ4v) is 8.53. The van der Waals surface area contributed by atoms with Gasteiger partial charge in [0, 0.05) is 12.9 Å². The number of nitrogens with zero attached hydrogens (tertiary/aromatic N) is 1. The van der Waals surface area contributed by atoms with Gasteiger partial charge < -0.3 is 5.32 Å². The highest BCUT2D eigenvalue weighted by Gasteiger charge is 2.38. The molecule has 1 amide bonds. The fraction of sp³-hybridized carbons (Fsp3) is 0.652. The highest BCUT2D eigenvalue weighted by Crippen LogP contribution is 2.60. The summed E-state index contributed by atoms with van der Waals surface area (Å²) < 4.78 is 0. The van der Waals surface area contributed by atoms with Crippen LogP contribution < -0.4 is 5.32 Å². The number of unbranched alkanes of at least 4 members (excludes halogenated alkanes) is 3. The van der Waals surface area contributed by atoms with Crippen LogP contribution in [-0.4, -0.2) is 30.6 Å². The van der Waals surface area contributed by atoms with E-state index in [1.54, 1.807) is 0 Å². The largest absolute Gasteiger partial charge is 0.323 e. The molecule has 0 aliphatic heterocycles. The first-order valence-electron chi connectivity index (χ1n) is 10.5. The highest BCUT2D eigenvalue weighted by atomic mass is 31.2. The second-order valence-electron chi connectivity index (χ2n) is 7.85. The molecule has 0 aromatic heterocycles. The minimum Gasteiger partial charge on any atom is -0.323 e. The van der Waals surface area contributed by atoms with Crippen LogP contribution in [-0.2, 0) is 4.79 Å². The third kappa shape index (κ3) is 7.63. The van der Waals surface area contributed by atoms with Crippen LogP contribution in [0.5, 0.6) is 0 Å². The van der Waals surface area contributed by atoms with Crippen molar-refractivity contribution in [2.45, 2.75) is 73.1 Å². The molecule has 0 spiro atoms. The molecule has 3 nitrogen and oxygen atoms in total. The maximum atomic E-state index is 13.0. The van der Waals surface area contributed by atoms with Gasteiger partial charge in [-0.05, 0) is 44.2 Å². The summed E-state index contributed by atoms with van der Waals surface area (Å²) in [6.45, 7) is 17.9. The van der Waals surface area contributed by atoms with Gasteiger partial charge in [0.25, 0.3) is 5.91 Å². The molecule has 0 atom stereocenters. The molecule has 27 heavy (non-hydrogen) atoms. The van der Waals surface area contributed by atoms with Crippen LogP contribution in [0.25, 0.3) is 4.85 Å². The molecule has 150 valence electrons. The Kier molecular flexibility index (Phi) is 10.6. The zero-order valence-electron chi connectivity index (χ0n) is 18.0. The summed E-state index contributed by atoms with van der Waals surface area (Å²) in [4.78, 5) is 16.5. The van der Waals surface area contributed by atoms with Crippen LogP contribution in [0.2, 0.25) is 0 Å². The minimum atomic E-state index is -1.24. The van der Waals surface area contributed by atoms with Crippen LogP contribution >= 0.6 is 7.26 Å². The zero-order chi connectivity index (χ0) is 20.3. The van der Waals surface area contributed by atoms with Gasteiger partial charge in [-0.2, -0.15) is 0 Å². The van der Waals surface area contributed by atoms with Crippen molar-refractivity contribution in [3.8, 4) is 0 Å². The lowest BCUT2D eigenvalue weighted by Gasteiger charge is -2.27. The maximum absolute atomic E-state index is 13.0. The van der Waals surface area contributed by atoms with Gasteiger partial charge in [-0.15, -0.1) is 0 Å². The number of anilines is 1. The van der Waals surface area contributed by atoms with Crippen molar-refractivity contribution in [3.05, 3.63) is 34.7 Å². The average Bonchev–Trinajstić information content (AvgIpc) is 2.65. The first kappa shape index (κ1) is 23.6. The quantitative estimate of drug-likeness (QED) is 0.297. The molecule has 1 rings (SSSR count). The van der Waals surface area contributed by atoms with Crippen molar-refractivity contribution in [1.29, 1.82) is 0 Å². The van der Waals surface area contributed by atoms with E-state index in [4.69, 9.17) is 6.57 Å². The minimum absolute atomic E-state index is 0.174. The Morgan fingerprint density at radius 1 is 0.963 bits per heavy atom. The second kappa shape index (κ2) is 12.1. The number of rotatable bonds is 12. The van der Waals surface area contributed by atoms with Gasteiger partial charge in [-0.25, -0.2) is 4.85 Å². The maximum Gasteiger partial charge on any atom is 0.261 e. The van der Waals surface area contributed by atoms with E-state index in [2.05, 4.69) is 30.9 Å². The summed E-state index contributed by atoms with van der Waals surface area (Å²) in [6, 6.07) is 3.73. The molecule has 0 saturated heterocycles. The molecule has 0 aliphatic rings. The van der Waals surface area contributed by atoms with Crippen molar-refractivity contribution >= 4 is 24.5 Å². The summed E-state index contributed by atoms with van der Waals surface area (Å²) in [6.07, 6.45) is 11.8. The number of carbonyl (C=O) groups excluding carboxylic acids is 1. The predicted molar refractivity (Wildman–Crippen MR) is 122 cm³/mol. The van der Waals surface area contributed by atoms with E-state index in [1.165, 1.54) is 57.0 Å². The molecule has 0 radical (unpaired) electrons. The molecular weight excluding hydrogens is 351 g/mol. The molecule has 0 aliphatic carbocycles. The van der Waals surface area contributed by atoms with Gasteiger partial charge in [-0.1, -0.05) is 52.2 Å². The monoisotopic (exact) mass is 389 g/mol. The molecule has 1 aromatic rings. The average molecular weight is 390 g/mol. The van der Waals surface area contributed by atoms with E-state index >= 15 is 0 Å². The van der Waals surface area contributed by atoms with Crippen LogP contribution in [0, 0.1) is 20.4 Å². The first-order valence-corrected chi connectivity index (χ1v) is 13.1. The van der Waals surface area contributed by atoms with Gasteiger partial charge in [0.05, 0.1) is 25.1 Å². The fourth-order valence-electron chi connectivity index (χ4n) is 3.74. The first-order chi connectivity index (χ1) is 12.9. The molecule has 0 fully saturated rings. The Labute approximate surface area is 167 Å². The highest BCUT2D eigenvalue weighted by molar-refractivity contribution is 7.76. The van der Waals surface area contributed by atoms with Gasteiger partial charge in [0.1, 0.15) is 6.16 Å². The summed E-state index contributed by atoms with van der Waals surface area (Å²) in [7, 11) is -1.24. The molecule has 1 aromatic carbocycles. The smallest absolute Gasteiger partial charge is 0.261 e. The lowest BCUT2D eigenvalue weighted by molar-refractivity contribution is -0.113. The Morgan fingerprint density at radius 3 is 1.78 bits per heavy atom. The van der Waals surface area contributed by atoms with Crippen molar-refractivity contribution in [2.24, 2.45) is 0 Å². The number of hydrogen-bond acceptors (Lipinski definition) is 1. The summed E-state index contributed by atoms with van der Waals surface area (Å²) in [5.41, 5.74) is 3.49.